The van der Waals surface area contributed by atoms with E-state index in [1.54, 1.807) is 12.1 Å². The van der Waals surface area contributed by atoms with Crippen LogP contribution < -0.4 is 5.73 Å². The molecule has 2 N–H and O–H groups in total. The van der Waals surface area contributed by atoms with Gasteiger partial charge in [-0.1, -0.05) is 24.6 Å². The molecule has 1 heterocycles. The Kier molecular flexibility index (Phi) is 4.02. The van der Waals surface area contributed by atoms with Crippen molar-refractivity contribution in [1.82, 2.24) is 4.90 Å². The lowest BCUT2D eigenvalue weighted by Crippen LogP contribution is -2.46. The maximum Gasteiger partial charge on any atom is 0.129 e. The summed E-state index contributed by atoms with van der Waals surface area (Å²) < 4.78 is 14.0. The average molecular weight is 257 g/mol. The van der Waals surface area contributed by atoms with E-state index in [0.29, 0.717) is 10.6 Å². The van der Waals surface area contributed by atoms with Crippen LogP contribution in [0.2, 0.25) is 5.02 Å². The second-order valence-electron chi connectivity index (χ2n) is 4.51. The molecule has 1 fully saturated rings. The summed E-state index contributed by atoms with van der Waals surface area (Å²) in [5.74, 6) is -0.252. The predicted molar refractivity (Wildman–Crippen MR) is 68.6 cm³/mol. The number of hydrogen-bond donors (Lipinski definition) is 1. The first kappa shape index (κ1) is 12.8. The maximum atomic E-state index is 14.0. The van der Waals surface area contributed by atoms with E-state index >= 15 is 0 Å². The lowest BCUT2D eigenvalue weighted by Gasteiger charge is -2.39. The minimum absolute atomic E-state index is 0.0434. The molecule has 1 aromatic carbocycles. The number of nitrogens with zero attached hydrogens (tertiary/aromatic N) is 1. The standard InChI is InChI=1S/C13H18ClFN2/c1-2-17-8-4-7-11(16)13(17)12-9(14)5-3-6-10(12)15/h3,5-6,11,13H,2,4,7-8,16H2,1H3. The van der Waals surface area contributed by atoms with Gasteiger partial charge in [0.05, 0.1) is 6.04 Å². The van der Waals surface area contributed by atoms with Crippen molar-refractivity contribution in [2.75, 3.05) is 13.1 Å². The van der Waals surface area contributed by atoms with Gasteiger partial charge in [0.2, 0.25) is 0 Å². The van der Waals surface area contributed by atoms with Gasteiger partial charge in [0.25, 0.3) is 0 Å². The van der Waals surface area contributed by atoms with Crippen LogP contribution >= 0.6 is 11.6 Å². The molecule has 94 valence electrons. The summed E-state index contributed by atoms with van der Waals surface area (Å²) in [5.41, 5.74) is 6.71. The van der Waals surface area contributed by atoms with E-state index in [4.69, 9.17) is 17.3 Å². The first-order valence-corrected chi connectivity index (χ1v) is 6.46. The van der Waals surface area contributed by atoms with Crippen LogP contribution in [0.4, 0.5) is 4.39 Å². The van der Waals surface area contributed by atoms with Crippen molar-refractivity contribution in [1.29, 1.82) is 0 Å². The van der Waals surface area contributed by atoms with Crippen LogP contribution in [0.15, 0.2) is 18.2 Å². The summed E-state index contributed by atoms with van der Waals surface area (Å²) in [6.07, 6.45) is 1.99. The lowest BCUT2D eigenvalue weighted by atomic mass is 9.90. The van der Waals surface area contributed by atoms with Gasteiger partial charge in [-0.3, -0.25) is 4.90 Å². The van der Waals surface area contributed by atoms with Gasteiger partial charge in [0.1, 0.15) is 5.82 Å². The van der Waals surface area contributed by atoms with E-state index in [9.17, 15) is 4.39 Å². The van der Waals surface area contributed by atoms with Crippen molar-refractivity contribution < 1.29 is 4.39 Å². The molecule has 0 aliphatic carbocycles. The molecule has 4 heteroatoms. The fourth-order valence-corrected chi connectivity index (χ4v) is 2.92. The van der Waals surface area contributed by atoms with Gasteiger partial charge < -0.3 is 5.73 Å². The predicted octanol–water partition coefficient (Wildman–Crippen LogP) is 2.96. The Hall–Kier alpha value is -0.640. The summed E-state index contributed by atoms with van der Waals surface area (Å²) in [6, 6.07) is 4.68. The molecule has 0 radical (unpaired) electrons. The normalized spacial score (nSPS) is 26.1. The Labute approximate surface area is 107 Å². The monoisotopic (exact) mass is 256 g/mol. The summed E-state index contributed by atoms with van der Waals surface area (Å²) >= 11 is 6.13. The highest BCUT2D eigenvalue weighted by Crippen LogP contribution is 2.35. The molecule has 1 aliphatic rings. The number of nitrogens with two attached hydrogens (primary N) is 1. The van der Waals surface area contributed by atoms with Gasteiger partial charge >= 0.3 is 0 Å². The van der Waals surface area contributed by atoms with Crippen LogP contribution in [0.5, 0.6) is 0 Å². The van der Waals surface area contributed by atoms with Crippen LogP contribution in [-0.2, 0) is 0 Å². The summed E-state index contributed by atoms with van der Waals surface area (Å²) in [5, 5.41) is 0.478. The minimum atomic E-state index is -0.252. The minimum Gasteiger partial charge on any atom is -0.326 e. The van der Waals surface area contributed by atoms with Crippen LogP contribution in [0.25, 0.3) is 0 Å². The molecule has 1 aliphatic heterocycles. The van der Waals surface area contributed by atoms with E-state index in [0.717, 1.165) is 25.9 Å². The fourth-order valence-electron chi connectivity index (χ4n) is 2.64. The van der Waals surface area contributed by atoms with E-state index < -0.39 is 0 Å². The van der Waals surface area contributed by atoms with Gasteiger partial charge in [0.15, 0.2) is 0 Å². The van der Waals surface area contributed by atoms with Crippen molar-refractivity contribution in [3.8, 4) is 0 Å². The van der Waals surface area contributed by atoms with Crippen LogP contribution in [0.1, 0.15) is 31.4 Å². The fraction of sp³-hybridized carbons (Fsp3) is 0.538. The number of rotatable bonds is 2. The van der Waals surface area contributed by atoms with Crippen LogP contribution in [0.3, 0.4) is 0 Å². The van der Waals surface area contributed by atoms with Crippen molar-refractivity contribution in [3.63, 3.8) is 0 Å². The van der Waals surface area contributed by atoms with Gasteiger partial charge in [-0.2, -0.15) is 0 Å². The lowest BCUT2D eigenvalue weighted by molar-refractivity contribution is 0.133. The van der Waals surface area contributed by atoms with Gasteiger partial charge in [-0.05, 0) is 38.1 Å². The largest absolute Gasteiger partial charge is 0.326 e. The summed E-state index contributed by atoms with van der Waals surface area (Å²) in [7, 11) is 0. The van der Waals surface area contributed by atoms with Gasteiger partial charge in [0, 0.05) is 16.6 Å². The molecule has 1 aromatic rings. The van der Waals surface area contributed by atoms with E-state index in [2.05, 4.69) is 11.8 Å². The molecule has 2 nitrogen and oxygen atoms in total. The Morgan fingerprint density at radius 2 is 2.29 bits per heavy atom. The molecular weight excluding hydrogens is 239 g/mol. The van der Waals surface area contributed by atoms with Crippen molar-refractivity contribution in [2.24, 2.45) is 5.73 Å². The highest BCUT2D eigenvalue weighted by atomic mass is 35.5. The zero-order valence-corrected chi connectivity index (χ0v) is 10.8. The molecule has 0 amide bonds. The van der Waals surface area contributed by atoms with Gasteiger partial charge in [-0.25, -0.2) is 4.39 Å². The second kappa shape index (κ2) is 5.34. The first-order chi connectivity index (χ1) is 8.15. The van der Waals surface area contributed by atoms with E-state index in [1.165, 1.54) is 6.07 Å². The quantitative estimate of drug-likeness (QED) is 0.882. The number of likely N-dealkylation sites (tertiary alicyclic amines) is 1. The van der Waals surface area contributed by atoms with Crippen LogP contribution in [0, 0.1) is 5.82 Å². The highest BCUT2D eigenvalue weighted by molar-refractivity contribution is 6.31. The maximum absolute atomic E-state index is 14.0. The summed E-state index contributed by atoms with van der Waals surface area (Å²) in [4.78, 5) is 2.21. The molecule has 0 bridgehead atoms. The number of halogens is 2. The molecule has 0 aromatic heterocycles. The number of benzene rings is 1. The van der Waals surface area contributed by atoms with Crippen molar-refractivity contribution in [2.45, 2.75) is 31.8 Å². The zero-order chi connectivity index (χ0) is 12.4. The SMILES string of the molecule is CCN1CCCC(N)C1c1c(F)cccc1Cl. The number of hydrogen-bond acceptors (Lipinski definition) is 2. The Balaban J connectivity index is 2.41. The van der Waals surface area contributed by atoms with Gasteiger partial charge in [-0.15, -0.1) is 0 Å². The number of piperidine rings is 1. The zero-order valence-electron chi connectivity index (χ0n) is 10.00. The van der Waals surface area contributed by atoms with Crippen molar-refractivity contribution in [3.05, 3.63) is 34.6 Å². The topological polar surface area (TPSA) is 29.3 Å². The molecule has 1 saturated heterocycles. The van der Waals surface area contributed by atoms with E-state index in [-0.39, 0.29) is 17.9 Å². The Morgan fingerprint density at radius 1 is 1.53 bits per heavy atom. The first-order valence-electron chi connectivity index (χ1n) is 6.08. The molecule has 0 spiro atoms. The number of likely N-dealkylation sites (N-methyl/N-ethyl adjacent to an activating group) is 1. The molecule has 2 rings (SSSR count). The Bertz CT molecular complexity index is 377. The van der Waals surface area contributed by atoms with Crippen LogP contribution in [-0.4, -0.2) is 24.0 Å². The van der Waals surface area contributed by atoms with E-state index in [1.807, 2.05) is 0 Å². The average Bonchev–Trinajstić information content (AvgIpc) is 2.30. The molecular formula is C13H18ClFN2. The molecule has 0 saturated carbocycles. The highest BCUT2D eigenvalue weighted by Gasteiger charge is 2.32. The smallest absolute Gasteiger partial charge is 0.129 e. The summed E-state index contributed by atoms with van der Waals surface area (Å²) in [6.45, 7) is 3.89. The third-order valence-corrected chi connectivity index (χ3v) is 3.81. The second-order valence-corrected chi connectivity index (χ2v) is 4.92. The van der Waals surface area contributed by atoms with Crippen molar-refractivity contribution >= 4 is 11.6 Å². The third kappa shape index (κ3) is 2.46. The molecule has 17 heavy (non-hydrogen) atoms. The molecule has 2 atom stereocenters. The Morgan fingerprint density at radius 3 is 2.94 bits per heavy atom. The molecule has 2 unspecified atom stereocenters. The third-order valence-electron chi connectivity index (χ3n) is 3.48.